The number of aryl methyl sites for hydroxylation is 1. The van der Waals surface area contributed by atoms with Crippen LogP contribution in [0.15, 0.2) is 54.6 Å². The zero-order valence-electron chi connectivity index (χ0n) is 12.0. The lowest BCUT2D eigenvalue weighted by atomic mass is 10.1. The second-order valence-corrected chi connectivity index (χ2v) is 5.15. The molecule has 3 N–H and O–H groups in total. The largest absolute Gasteiger partial charge is 0.321 e. The lowest BCUT2D eigenvalue weighted by molar-refractivity contribution is 0.615. The van der Waals surface area contributed by atoms with Crippen LogP contribution in [0.5, 0.6) is 0 Å². The number of nitrogens with zero attached hydrogens (tertiary/aromatic N) is 2. The first-order valence-electron chi connectivity index (χ1n) is 7.21. The summed E-state index contributed by atoms with van der Waals surface area (Å²) in [4.78, 5) is 4.32. The van der Waals surface area contributed by atoms with Crippen LogP contribution in [0.2, 0.25) is 0 Å². The highest BCUT2D eigenvalue weighted by molar-refractivity contribution is 5.55. The Morgan fingerprint density at radius 3 is 2.55 bits per heavy atom. The van der Waals surface area contributed by atoms with Crippen molar-refractivity contribution >= 4 is 0 Å². The highest BCUT2D eigenvalue weighted by Crippen LogP contribution is 2.20. The summed E-state index contributed by atoms with van der Waals surface area (Å²) in [5, 5.41) is 6.88. The van der Waals surface area contributed by atoms with E-state index in [-0.39, 0.29) is 11.9 Å². The molecule has 0 radical (unpaired) electrons. The number of H-pyrrole nitrogens is 1. The molecule has 1 heterocycles. The minimum Gasteiger partial charge on any atom is -0.321 e. The van der Waals surface area contributed by atoms with E-state index >= 15 is 0 Å². The highest BCUT2D eigenvalue weighted by atomic mass is 19.1. The third-order valence-electron chi connectivity index (χ3n) is 3.56. The van der Waals surface area contributed by atoms with E-state index in [1.165, 1.54) is 11.6 Å². The van der Waals surface area contributed by atoms with Gasteiger partial charge in [-0.15, -0.1) is 0 Å². The Hall–Kier alpha value is -2.53. The number of rotatable bonds is 5. The van der Waals surface area contributed by atoms with Crippen molar-refractivity contribution in [3.05, 3.63) is 71.8 Å². The third kappa shape index (κ3) is 3.20. The molecule has 1 atom stereocenters. The van der Waals surface area contributed by atoms with E-state index in [1.807, 2.05) is 18.2 Å². The quantitative estimate of drug-likeness (QED) is 0.759. The number of benzene rings is 2. The fraction of sp³-hybridized carbons (Fsp3) is 0.176. The first-order valence-corrected chi connectivity index (χ1v) is 7.21. The van der Waals surface area contributed by atoms with Crippen LogP contribution in [0.1, 0.15) is 23.9 Å². The van der Waals surface area contributed by atoms with Gasteiger partial charge >= 0.3 is 0 Å². The number of aromatic nitrogens is 3. The third-order valence-corrected chi connectivity index (χ3v) is 3.56. The van der Waals surface area contributed by atoms with Gasteiger partial charge in [-0.2, -0.15) is 5.10 Å². The van der Waals surface area contributed by atoms with Gasteiger partial charge in [-0.25, -0.2) is 9.37 Å². The van der Waals surface area contributed by atoms with E-state index in [2.05, 4.69) is 27.3 Å². The predicted molar refractivity (Wildman–Crippen MR) is 83.5 cm³/mol. The second-order valence-electron chi connectivity index (χ2n) is 5.15. The molecule has 0 aliphatic carbocycles. The van der Waals surface area contributed by atoms with Gasteiger partial charge in [0.2, 0.25) is 0 Å². The maximum Gasteiger partial charge on any atom is 0.184 e. The van der Waals surface area contributed by atoms with Crippen molar-refractivity contribution in [1.82, 2.24) is 15.2 Å². The van der Waals surface area contributed by atoms with Gasteiger partial charge in [0, 0.05) is 0 Å². The van der Waals surface area contributed by atoms with Crippen LogP contribution in [0.3, 0.4) is 0 Å². The molecule has 3 aromatic rings. The SMILES string of the molecule is N[C@H](CCc1ccccc1)c1nc(-c2ccccc2F)n[nH]1. The smallest absolute Gasteiger partial charge is 0.184 e. The Balaban J connectivity index is 1.69. The first-order chi connectivity index (χ1) is 10.7. The Labute approximate surface area is 128 Å². The molecule has 4 nitrogen and oxygen atoms in total. The van der Waals surface area contributed by atoms with Gasteiger partial charge in [0.05, 0.1) is 11.6 Å². The summed E-state index contributed by atoms with van der Waals surface area (Å²) >= 11 is 0. The van der Waals surface area contributed by atoms with Gasteiger partial charge in [-0.05, 0) is 30.5 Å². The molecule has 0 unspecified atom stereocenters. The van der Waals surface area contributed by atoms with E-state index < -0.39 is 0 Å². The fourth-order valence-corrected chi connectivity index (χ4v) is 2.31. The Bertz CT molecular complexity index is 739. The maximum atomic E-state index is 13.7. The minimum atomic E-state index is -0.342. The van der Waals surface area contributed by atoms with Gasteiger partial charge < -0.3 is 5.73 Å². The molecule has 0 amide bonds. The molecular weight excluding hydrogens is 279 g/mol. The van der Waals surface area contributed by atoms with Crippen LogP contribution in [-0.2, 0) is 6.42 Å². The normalized spacial score (nSPS) is 12.3. The van der Waals surface area contributed by atoms with E-state index in [4.69, 9.17) is 5.73 Å². The Kier molecular flexibility index (Phi) is 4.25. The van der Waals surface area contributed by atoms with Gasteiger partial charge in [-0.3, -0.25) is 5.10 Å². The summed E-state index contributed by atoms with van der Waals surface area (Å²) in [6, 6.07) is 16.3. The molecule has 0 aliphatic heterocycles. The molecule has 2 aromatic carbocycles. The number of halogens is 1. The predicted octanol–water partition coefficient (Wildman–Crippen LogP) is 3.24. The van der Waals surface area contributed by atoms with Gasteiger partial charge in [0.25, 0.3) is 0 Å². The fourth-order valence-electron chi connectivity index (χ4n) is 2.31. The number of nitrogens with one attached hydrogen (secondary N) is 1. The molecular formula is C17H17FN4. The molecule has 0 saturated carbocycles. The summed E-state index contributed by atoms with van der Waals surface area (Å²) in [5.74, 6) is 0.573. The van der Waals surface area contributed by atoms with Crippen molar-refractivity contribution in [2.24, 2.45) is 5.73 Å². The van der Waals surface area contributed by atoms with Crippen LogP contribution in [0, 0.1) is 5.82 Å². The summed E-state index contributed by atoms with van der Waals surface area (Å²) in [6.07, 6.45) is 1.60. The average molecular weight is 296 g/mol. The molecule has 112 valence electrons. The molecule has 0 bridgehead atoms. The van der Waals surface area contributed by atoms with Crippen molar-refractivity contribution in [3.63, 3.8) is 0 Å². The molecule has 5 heteroatoms. The van der Waals surface area contributed by atoms with E-state index in [0.717, 1.165) is 12.8 Å². The molecule has 22 heavy (non-hydrogen) atoms. The van der Waals surface area contributed by atoms with Gasteiger partial charge in [0.15, 0.2) is 5.82 Å². The molecule has 3 rings (SSSR count). The molecule has 0 fully saturated rings. The number of hydrogen-bond donors (Lipinski definition) is 2. The van der Waals surface area contributed by atoms with Crippen molar-refractivity contribution < 1.29 is 4.39 Å². The minimum absolute atomic E-state index is 0.256. The lowest BCUT2D eigenvalue weighted by Gasteiger charge is -2.07. The Morgan fingerprint density at radius 1 is 1.05 bits per heavy atom. The summed E-state index contributed by atoms with van der Waals surface area (Å²) < 4.78 is 13.7. The van der Waals surface area contributed by atoms with Crippen molar-refractivity contribution in [3.8, 4) is 11.4 Å². The Morgan fingerprint density at radius 2 is 1.77 bits per heavy atom. The molecule has 0 spiro atoms. The maximum absolute atomic E-state index is 13.7. The van der Waals surface area contributed by atoms with E-state index in [9.17, 15) is 4.39 Å². The summed E-state index contributed by atoms with van der Waals surface area (Å²) in [5.41, 5.74) is 7.75. The molecule has 0 saturated heterocycles. The van der Waals surface area contributed by atoms with Crippen molar-refractivity contribution in [2.75, 3.05) is 0 Å². The van der Waals surface area contributed by atoms with Crippen LogP contribution in [-0.4, -0.2) is 15.2 Å². The van der Waals surface area contributed by atoms with E-state index in [0.29, 0.717) is 17.2 Å². The standard InChI is InChI=1S/C17H17FN4/c18-14-9-5-4-8-13(14)16-20-17(22-21-16)15(19)11-10-12-6-2-1-3-7-12/h1-9,15H,10-11,19H2,(H,20,21,22)/t15-/m1/s1. The summed E-state index contributed by atoms with van der Waals surface area (Å²) in [6.45, 7) is 0. The van der Waals surface area contributed by atoms with E-state index in [1.54, 1.807) is 18.2 Å². The first kappa shape index (κ1) is 14.4. The summed E-state index contributed by atoms with van der Waals surface area (Å²) in [7, 11) is 0. The van der Waals surface area contributed by atoms with Gasteiger partial charge in [-0.1, -0.05) is 42.5 Å². The lowest BCUT2D eigenvalue weighted by Crippen LogP contribution is -2.13. The average Bonchev–Trinajstić information content (AvgIpc) is 3.04. The van der Waals surface area contributed by atoms with Crippen LogP contribution < -0.4 is 5.73 Å². The zero-order valence-corrected chi connectivity index (χ0v) is 12.0. The van der Waals surface area contributed by atoms with Crippen molar-refractivity contribution in [1.29, 1.82) is 0 Å². The zero-order chi connectivity index (χ0) is 15.4. The van der Waals surface area contributed by atoms with Crippen molar-refractivity contribution in [2.45, 2.75) is 18.9 Å². The monoisotopic (exact) mass is 296 g/mol. The number of nitrogens with two attached hydrogens (primary N) is 1. The van der Waals surface area contributed by atoms with Crippen LogP contribution >= 0.6 is 0 Å². The number of hydrogen-bond acceptors (Lipinski definition) is 3. The molecule has 1 aromatic heterocycles. The van der Waals surface area contributed by atoms with Crippen LogP contribution in [0.25, 0.3) is 11.4 Å². The van der Waals surface area contributed by atoms with Gasteiger partial charge in [0.1, 0.15) is 11.6 Å². The molecule has 0 aliphatic rings. The van der Waals surface area contributed by atoms with Crippen LogP contribution in [0.4, 0.5) is 4.39 Å². The second kappa shape index (κ2) is 6.49. The topological polar surface area (TPSA) is 67.6 Å². The highest BCUT2D eigenvalue weighted by Gasteiger charge is 2.14. The number of aromatic amines is 1.